The topological polar surface area (TPSA) is 0 Å². The van der Waals surface area contributed by atoms with Crippen LogP contribution in [0.4, 0.5) is 0 Å². The van der Waals surface area contributed by atoms with Gasteiger partial charge >= 0.3 is 0 Å². The lowest BCUT2D eigenvalue weighted by atomic mass is 9.62. The van der Waals surface area contributed by atoms with Crippen molar-refractivity contribution in [1.82, 2.24) is 0 Å². The molecule has 0 saturated carbocycles. The largest absolute Gasteiger partial charge is 0.0701 e. The quantitative estimate of drug-likeness (QED) is 0.120. The molecule has 3 aliphatic rings. The van der Waals surface area contributed by atoms with Crippen LogP contribution < -0.4 is 26.5 Å². The summed E-state index contributed by atoms with van der Waals surface area (Å²) >= 11 is 0. The van der Waals surface area contributed by atoms with E-state index in [2.05, 4.69) is 147 Å². The van der Waals surface area contributed by atoms with E-state index in [1.165, 1.54) is 79.0 Å². The lowest BCUT2D eigenvalue weighted by Gasteiger charge is -2.55. The summed E-state index contributed by atoms with van der Waals surface area (Å²) < 4.78 is 0. The predicted molar refractivity (Wildman–Crippen MR) is 211 cm³/mol. The van der Waals surface area contributed by atoms with Gasteiger partial charge in [0.25, 0.3) is 0 Å². The second-order valence-corrected chi connectivity index (χ2v) is 19.3. The van der Waals surface area contributed by atoms with Gasteiger partial charge in [-0.15, -0.1) is 0 Å². The highest BCUT2D eigenvalue weighted by Crippen LogP contribution is 2.66. The Morgan fingerprint density at radius 2 is 1.04 bits per heavy atom. The van der Waals surface area contributed by atoms with Crippen LogP contribution in [-0.2, 0) is 12.8 Å². The summed E-state index contributed by atoms with van der Waals surface area (Å²) in [6.45, 7) is 5.37. The maximum Gasteiger partial charge on any atom is 0.0162 e. The fourth-order valence-electron chi connectivity index (χ4n) is 9.40. The van der Waals surface area contributed by atoms with Gasteiger partial charge in [-0.2, -0.15) is 0 Å². The summed E-state index contributed by atoms with van der Waals surface area (Å²) in [7, 11) is -1.40. The number of rotatable bonds is 7. The van der Waals surface area contributed by atoms with Crippen LogP contribution in [0, 0.1) is 5.92 Å². The van der Waals surface area contributed by atoms with Crippen molar-refractivity contribution < 1.29 is 0 Å². The van der Waals surface area contributed by atoms with Crippen LogP contribution in [0.2, 0.25) is 0 Å². The molecule has 5 aromatic carbocycles. The summed E-state index contributed by atoms with van der Waals surface area (Å²) in [5.41, 5.74) is 8.68. The molecule has 5 aromatic rings. The Hall–Kier alpha value is -3.30. The molecule has 0 N–H and O–H groups in total. The number of aryl methyl sites for hydroxylation is 1. The molecule has 3 atom stereocenters. The molecule has 2 heteroatoms. The average Bonchev–Trinajstić information content (AvgIpc) is 3.14. The minimum Gasteiger partial charge on any atom is -0.0701 e. The van der Waals surface area contributed by atoms with Crippen LogP contribution in [0.25, 0.3) is 0 Å². The lowest BCUT2D eigenvalue weighted by molar-refractivity contribution is 0.336. The average molecular weight is 663 g/mol. The molecule has 0 radical (unpaired) electrons. The fraction of sp³-hybridized carbons (Fsp3) is 0.304. The van der Waals surface area contributed by atoms with Crippen molar-refractivity contribution >= 4 is 42.4 Å². The zero-order chi connectivity index (χ0) is 32.5. The molecule has 0 bridgehead atoms. The summed E-state index contributed by atoms with van der Waals surface area (Å²) in [5, 5.41) is 7.65. The first-order valence-corrected chi connectivity index (χ1v) is 21.0. The molecular formula is C46H48P2. The van der Waals surface area contributed by atoms with E-state index in [9.17, 15) is 0 Å². The van der Waals surface area contributed by atoms with Gasteiger partial charge in [0.05, 0.1) is 0 Å². The highest BCUT2D eigenvalue weighted by atomic mass is 31.1. The Morgan fingerprint density at radius 1 is 0.542 bits per heavy atom. The van der Waals surface area contributed by atoms with Crippen LogP contribution in [-0.4, -0.2) is 5.16 Å². The van der Waals surface area contributed by atoms with Gasteiger partial charge in [-0.3, -0.25) is 0 Å². The van der Waals surface area contributed by atoms with Gasteiger partial charge in [0.2, 0.25) is 0 Å². The molecule has 242 valence electrons. The Balaban J connectivity index is 1.46. The van der Waals surface area contributed by atoms with Crippen LogP contribution in [0.5, 0.6) is 0 Å². The lowest BCUT2D eigenvalue weighted by Crippen LogP contribution is -2.49. The molecule has 0 amide bonds. The third-order valence-corrected chi connectivity index (χ3v) is 17.5. The Labute approximate surface area is 291 Å². The third kappa shape index (κ3) is 5.74. The first kappa shape index (κ1) is 31.9. The van der Waals surface area contributed by atoms with Gasteiger partial charge in [-0.25, -0.2) is 0 Å². The van der Waals surface area contributed by atoms with Crippen molar-refractivity contribution in [2.45, 2.75) is 82.7 Å². The Morgan fingerprint density at radius 3 is 1.62 bits per heavy atom. The van der Waals surface area contributed by atoms with Crippen molar-refractivity contribution in [2.24, 2.45) is 5.92 Å². The maximum atomic E-state index is 2.74. The van der Waals surface area contributed by atoms with Crippen LogP contribution in [0.3, 0.4) is 0 Å². The van der Waals surface area contributed by atoms with Crippen LogP contribution >= 0.6 is 15.8 Å². The second-order valence-electron chi connectivity index (χ2n) is 14.5. The number of hydrogen-bond donors (Lipinski definition) is 0. The molecule has 0 fully saturated rings. The molecule has 8 rings (SSSR count). The van der Waals surface area contributed by atoms with Crippen LogP contribution in [0.15, 0.2) is 145 Å². The molecule has 0 aliphatic heterocycles. The van der Waals surface area contributed by atoms with Crippen molar-refractivity contribution in [3.8, 4) is 0 Å². The summed E-state index contributed by atoms with van der Waals surface area (Å²) in [6, 6.07) is 51.5. The van der Waals surface area contributed by atoms with E-state index in [0.29, 0.717) is 11.8 Å². The number of hydrogen-bond acceptors (Lipinski definition) is 0. The van der Waals surface area contributed by atoms with Gasteiger partial charge < -0.3 is 0 Å². The number of fused-ring (bicyclic) bond motifs is 1. The van der Waals surface area contributed by atoms with Gasteiger partial charge in [0, 0.05) is 11.1 Å². The zero-order valence-electron chi connectivity index (χ0n) is 28.6. The standard InChI is InChI=1S/C46H48P2/c1-34-33-36-20-16-18-30-42(36)45(46(34,2)48(39-25-11-5-12-26-39)40-27-13-6-14-28-40)44-41-29-17-15-19-35(41)31-32-43(44)47(37-21-7-3-8-22-37)38-23-9-4-10-24-38/h3-14,21-28,31-32,34,45H,15-20,29-30,33H2,1-2H3/t34?,45-,46?/m1/s1. The maximum absolute atomic E-state index is 2.74. The normalized spacial score (nSPS) is 22.4. The Kier molecular flexibility index (Phi) is 9.25. The third-order valence-electron chi connectivity index (χ3n) is 11.7. The number of allylic oxidation sites excluding steroid dienone is 2. The van der Waals surface area contributed by atoms with Crippen molar-refractivity contribution in [3.05, 3.63) is 161 Å². The van der Waals surface area contributed by atoms with E-state index >= 15 is 0 Å². The summed E-state index contributed by atoms with van der Waals surface area (Å²) in [4.78, 5) is 0. The second kappa shape index (κ2) is 13.9. The SMILES string of the molecule is CC1CC2=C(CCCC2)[C@H](c2c(P(c3ccccc3)c3ccccc3)ccc3c2CCCC3)C1(C)P(c1ccccc1)c1ccccc1. The molecule has 3 aliphatic carbocycles. The molecule has 0 spiro atoms. The fourth-order valence-corrected chi connectivity index (χ4v) is 15.4. The van der Waals surface area contributed by atoms with Gasteiger partial charge in [-0.1, -0.05) is 158 Å². The van der Waals surface area contributed by atoms with Crippen LogP contribution in [0.1, 0.15) is 81.4 Å². The molecular weight excluding hydrogens is 614 g/mol. The molecule has 0 aromatic heterocycles. The smallest absolute Gasteiger partial charge is 0.0162 e. The van der Waals surface area contributed by atoms with Crippen molar-refractivity contribution in [2.75, 3.05) is 0 Å². The zero-order valence-corrected chi connectivity index (χ0v) is 30.4. The predicted octanol–water partition coefficient (Wildman–Crippen LogP) is 10.2. The minimum absolute atomic E-state index is 0.0594. The molecule has 0 nitrogen and oxygen atoms in total. The summed E-state index contributed by atoms with van der Waals surface area (Å²) in [6.07, 6.45) is 11.5. The van der Waals surface area contributed by atoms with Gasteiger partial charge in [-0.05, 0) is 123 Å². The van der Waals surface area contributed by atoms with E-state index in [0.717, 1.165) is 0 Å². The monoisotopic (exact) mass is 662 g/mol. The number of benzene rings is 5. The van der Waals surface area contributed by atoms with E-state index in [4.69, 9.17) is 0 Å². The van der Waals surface area contributed by atoms with E-state index in [-0.39, 0.29) is 5.16 Å². The van der Waals surface area contributed by atoms with E-state index in [1.54, 1.807) is 27.6 Å². The molecule has 2 unspecified atom stereocenters. The highest BCUT2D eigenvalue weighted by molar-refractivity contribution is 7.80. The first-order chi connectivity index (χ1) is 23.6. The van der Waals surface area contributed by atoms with Crippen molar-refractivity contribution in [1.29, 1.82) is 0 Å². The first-order valence-electron chi connectivity index (χ1n) is 18.3. The van der Waals surface area contributed by atoms with E-state index in [1.807, 2.05) is 5.57 Å². The van der Waals surface area contributed by atoms with E-state index < -0.39 is 15.8 Å². The Bertz CT molecular complexity index is 1800. The molecule has 0 saturated heterocycles. The highest BCUT2D eigenvalue weighted by Gasteiger charge is 2.53. The van der Waals surface area contributed by atoms with Gasteiger partial charge in [0.1, 0.15) is 0 Å². The van der Waals surface area contributed by atoms with Crippen molar-refractivity contribution in [3.63, 3.8) is 0 Å². The molecule has 0 heterocycles. The molecule has 48 heavy (non-hydrogen) atoms. The van der Waals surface area contributed by atoms with Gasteiger partial charge in [0.15, 0.2) is 0 Å². The summed E-state index contributed by atoms with van der Waals surface area (Å²) in [5.74, 6) is 0.974. The minimum atomic E-state index is -0.730.